The minimum atomic E-state index is 0.305. The van der Waals surface area contributed by atoms with E-state index in [-0.39, 0.29) is 0 Å². The van der Waals surface area contributed by atoms with Crippen LogP contribution in [0.4, 0.5) is 5.69 Å². The van der Waals surface area contributed by atoms with Crippen LogP contribution in [0.25, 0.3) is 0 Å². The maximum absolute atomic E-state index is 9.60. The van der Waals surface area contributed by atoms with Crippen molar-refractivity contribution >= 4 is 17.3 Å². The molecule has 0 saturated heterocycles. The molecule has 0 spiro atoms. The van der Waals surface area contributed by atoms with E-state index in [1.165, 1.54) is 11.1 Å². The van der Waals surface area contributed by atoms with E-state index < -0.39 is 0 Å². The second-order valence-corrected chi connectivity index (χ2v) is 5.87. The fourth-order valence-corrected chi connectivity index (χ4v) is 3.15. The van der Waals surface area contributed by atoms with Gasteiger partial charge in [0.25, 0.3) is 0 Å². The van der Waals surface area contributed by atoms with Crippen molar-refractivity contribution in [2.45, 2.75) is 32.2 Å². The molecule has 20 heavy (non-hydrogen) atoms. The van der Waals surface area contributed by atoms with E-state index >= 15 is 0 Å². The number of nitrogens with one attached hydrogen (secondary N) is 1. The van der Waals surface area contributed by atoms with Gasteiger partial charge in [-0.15, -0.1) is 0 Å². The average molecular weight is 288 g/mol. The summed E-state index contributed by atoms with van der Waals surface area (Å²) >= 11 is 6.00. The van der Waals surface area contributed by atoms with E-state index in [1.807, 2.05) is 30.3 Å². The Bertz CT molecular complexity index is 639. The van der Waals surface area contributed by atoms with E-state index in [2.05, 4.69) is 12.2 Å². The zero-order valence-corrected chi connectivity index (χ0v) is 12.2. The van der Waals surface area contributed by atoms with Crippen molar-refractivity contribution in [2.75, 3.05) is 5.32 Å². The molecule has 0 radical (unpaired) electrons. The first kappa shape index (κ1) is 13.3. The standard InChI is InChI=1S/C17H18ClNO/c1-11-9-13(18)5-8-16(11)19-17-4-2-3-12-10-14(20)6-7-15(12)17/h5-10,17,19-20H,2-4H2,1H3. The second-order valence-electron chi connectivity index (χ2n) is 5.43. The molecule has 1 atom stereocenters. The SMILES string of the molecule is Cc1cc(Cl)ccc1NC1CCCc2cc(O)ccc21. The van der Waals surface area contributed by atoms with Crippen molar-refractivity contribution in [3.05, 3.63) is 58.1 Å². The monoisotopic (exact) mass is 287 g/mol. The number of halogens is 1. The molecule has 0 aliphatic heterocycles. The number of aryl methyl sites for hydroxylation is 2. The van der Waals surface area contributed by atoms with Gasteiger partial charge in [0.1, 0.15) is 5.75 Å². The van der Waals surface area contributed by atoms with Crippen LogP contribution in [0.2, 0.25) is 5.02 Å². The van der Waals surface area contributed by atoms with E-state index in [0.29, 0.717) is 11.8 Å². The Morgan fingerprint density at radius 2 is 2.05 bits per heavy atom. The Morgan fingerprint density at radius 3 is 2.85 bits per heavy atom. The van der Waals surface area contributed by atoms with Crippen molar-refractivity contribution in [1.29, 1.82) is 0 Å². The summed E-state index contributed by atoms with van der Waals surface area (Å²) in [5, 5.41) is 14.0. The first-order valence-electron chi connectivity index (χ1n) is 6.98. The zero-order chi connectivity index (χ0) is 14.1. The van der Waals surface area contributed by atoms with Gasteiger partial charge in [-0.05, 0) is 73.2 Å². The normalized spacial score (nSPS) is 17.6. The third-order valence-corrected chi connectivity index (χ3v) is 4.19. The van der Waals surface area contributed by atoms with Crippen LogP contribution in [0.3, 0.4) is 0 Å². The van der Waals surface area contributed by atoms with Gasteiger partial charge in [-0.25, -0.2) is 0 Å². The smallest absolute Gasteiger partial charge is 0.115 e. The Balaban J connectivity index is 1.89. The Kier molecular flexibility index (Phi) is 3.58. The molecule has 104 valence electrons. The average Bonchev–Trinajstić information content (AvgIpc) is 2.41. The highest BCUT2D eigenvalue weighted by molar-refractivity contribution is 6.30. The second kappa shape index (κ2) is 5.37. The highest BCUT2D eigenvalue weighted by Gasteiger charge is 2.20. The summed E-state index contributed by atoms with van der Waals surface area (Å²) in [6, 6.07) is 11.9. The molecule has 2 aromatic rings. The van der Waals surface area contributed by atoms with E-state index in [0.717, 1.165) is 35.5 Å². The van der Waals surface area contributed by atoms with Gasteiger partial charge >= 0.3 is 0 Å². The first-order chi connectivity index (χ1) is 9.63. The molecule has 0 aromatic heterocycles. The van der Waals surface area contributed by atoms with Gasteiger partial charge in [0, 0.05) is 10.7 Å². The maximum atomic E-state index is 9.60. The lowest BCUT2D eigenvalue weighted by Crippen LogP contribution is -2.17. The number of benzene rings is 2. The lowest BCUT2D eigenvalue weighted by atomic mass is 9.87. The molecule has 2 nitrogen and oxygen atoms in total. The number of aromatic hydroxyl groups is 1. The molecule has 0 saturated carbocycles. The number of phenolic OH excluding ortho intramolecular Hbond substituents is 1. The molecule has 0 heterocycles. The third-order valence-electron chi connectivity index (χ3n) is 3.96. The lowest BCUT2D eigenvalue weighted by molar-refractivity contribution is 0.472. The number of phenols is 1. The number of rotatable bonds is 2. The van der Waals surface area contributed by atoms with Crippen LogP contribution in [-0.4, -0.2) is 5.11 Å². The lowest BCUT2D eigenvalue weighted by Gasteiger charge is -2.28. The fourth-order valence-electron chi connectivity index (χ4n) is 2.93. The van der Waals surface area contributed by atoms with Crippen molar-refractivity contribution in [1.82, 2.24) is 0 Å². The van der Waals surface area contributed by atoms with E-state index in [9.17, 15) is 5.11 Å². The fraction of sp³-hybridized carbons (Fsp3) is 0.294. The highest BCUT2D eigenvalue weighted by atomic mass is 35.5. The molecule has 1 unspecified atom stereocenters. The summed E-state index contributed by atoms with van der Waals surface area (Å²) in [6.45, 7) is 2.06. The van der Waals surface area contributed by atoms with E-state index in [4.69, 9.17) is 11.6 Å². The predicted octanol–water partition coefficient (Wildman–Crippen LogP) is 4.84. The molecule has 2 aromatic carbocycles. The maximum Gasteiger partial charge on any atom is 0.115 e. The van der Waals surface area contributed by atoms with Crippen LogP contribution in [-0.2, 0) is 6.42 Å². The molecule has 1 aliphatic carbocycles. The molecule has 0 bridgehead atoms. The quantitative estimate of drug-likeness (QED) is 0.828. The summed E-state index contributed by atoms with van der Waals surface area (Å²) in [5.74, 6) is 0.354. The molecule has 3 rings (SSSR count). The summed E-state index contributed by atoms with van der Waals surface area (Å²) in [6.07, 6.45) is 3.29. The number of anilines is 1. The predicted molar refractivity (Wildman–Crippen MR) is 83.6 cm³/mol. The number of fused-ring (bicyclic) bond motifs is 1. The van der Waals surface area contributed by atoms with Gasteiger partial charge < -0.3 is 10.4 Å². The van der Waals surface area contributed by atoms with Crippen LogP contribution in [0.1, 0.15) is 35.6 Å². The number of hydrogen-bond acceptors (Lipinski definition) is 2. The number of hydrogen-bond donors (Lipinski definition) is 2. The van der Waals surface area contributed by atoms with Crippen molar-refractivity contribution in [3.8, 4) is 5.75 Å². The Labute approximate surface area is 124 Å². The Hall–Kier alpha value is -1.67. The van der Waals surface area contributed by atoms with Gasteiger partial charge in [0.2, 0.25) is 0 Å². The topological polar surface area (TPSA) is 32.3 Å². The molecular formula is C17H18ClNO. The zero-order valence-electron chi connectivity index (χ0n) is 11.5. The highest BCUT2D eigenvalue weighted by Crippen LogP contribution is 2.35. The summed E-state index contributed by atoms with van der Waals surface area (Å²) in [5.41, 5.74) is 4.83. The van der Waals surface area contributed by atoms with Crippen molar-refractivity contribution in [3.63, 3.8) is 0 Å². The third kappa shape index (κ3) is 2.61. The van der Waals surface area contributed by atoms with Crippen LogP contribution >= 0.6 is 11.6 Å². The molecule has 3 heteroatoms. The molecule has 0 fully saturated rings. The first-order valence-corrected chi connectivity index (χ1v) is 7.36. The Morgan fingerprint density at radius 1 is 1.20 bits per heavy atom. The van der Waals surface area contributed by atoms with E-state index in [1.54, 1.807) is 6.07 Å². The summed E-state index contributed by atoms with van der Waals surface area (Å²) in [4.78, 5) is 0. The van der Waals surface area contributed by atoms with Crippen LogP contribution in [0, 0.1) is 6.92 Å². The van der Waals surface area contributed by atoms with Gasteiger partial charge in [-0.3, -0.25) is 0 Å². The summed E-state index contributed by atoms with van der Waals surface area (Å²) in [7, 11) is 0. The largest absolute Gasteiger partial charge is 0.508 e. The molecule has 0 amide bonds. The van der Waals surface area contributed by atoms with Crippen LogP contribution < -0.4 is 5.32 Å². The molecule has 1 aliphatic rings. The van der Waals surface area contributed by atoms with Gasteiger partial charge in [-0.2, -0.15) is 0 Å². The van der Waals surface area contributed by atoms with Crippen LogP contribution in [0.15, 0.2) is 36.4 Å². The minimum absolute atomic E-state index is 0.305. The van der Waals surface area contributed by atoms with Gasteiger partial charge in [-0.1, -0.05) is 17.7 Å². The molecule has 2 N–H and O–H groups in total. The van der Waals surface area contributed by atoms with Crippen molar-refractivity contribution in [2.24, 2.45) is 0 Å². The summed E-state index contributed by atoms with van der Waals surface area (Å²) < 4.78 is 0. The van der Waals surface area contributed by atoms with Gasteiger partial charge in [0.15, 0.2) is 0 Å². The van der Waals surface area contributed by atoms with Crippen LogP contribution in [0.5, 0.6) is 5.75 Å². The minimum Gasteiger partial charge on any atom is -0.508 e. The van der Waals surface area contributed by atoms with Crippen molar-refractivity contribution < 1.29 is 5.11 Å². The molecular weight excluding hydrogens is 270 g/mol. The van der Waals surface area contributed by atoms with Gasteiger partial charge in [0.05, 0.1) is 6.04 Å².